The SMILES string of the molecule is C=Cc1cnnn1CCCCCCCC. The van der Waals surface area contributed by atoms with E-state index in [-0.39, 0.29) is 0 Å². The molecule has 15 heavy (non-hydrogen) atoms. The maximum atomic E-state index is 4.02. The van der Waals surface area contributed by atoms with Gasteiger partial charge in [0.05, 0.1) is 11.9 Å². The van der Waals surface area contributed by atoms with Crippen LogP contribution in [-0.2, 0) is 6.54 Å². The lowest BCUT2D eigenvalue weighted by Gasteiger charge is -2.02. The minimum Gasteiger partial charge on any atom is -0.245 e. The standard InChI is InChI=1S/C12H21N3/c1-3-5-6-7-8-9-10-15-12(4-2)11-13-14-15/h4,11H,2-3,5-10H2,1H3. The molecule has 0 fully saturated rings. The summed E-state index contributed by atoms with van der Waals surface area (Å²) in [7, 11) is 0. The number of hydrogen-bond donors (Lipinski definition) is 0. The molecular weight excluding hydrogens is 186 g/mol. The van der Waals surface area contributed by atoms with E-state index in [0.29, 0.717) is 0 Å². The molecule has 0 atom stereocenters. The lowest BCUT2D eigenvalue weighted by atomic mass is 10.1. The molecule has 1 aromatic rings. The number of hydrogen-bond acceptors (Lipinski definition) is 2. The predicted molar refractivity (Wildman–Crippen MR) is 63.5 cm³/mol. The fraction of sp³-hybridized carbons (Fsp3) is 0.667. The smallest absolute Gasteiger partial charge is 0.0807 e. The zero-order chi connectivity index (χ0) is 10.9. The van der Waals surface area contributed by atoms with E-state index >= 15 is 0 Å². The first kappa shape index (κ1) is 12.0. The number of aryl methyl sites for hydroxylation is 1. The molecule has 1 rings (SSSR count). The van der Waals surface area contributed by atoms with Crippen molar-refractivity contribution in [2.45, 2.75) is 52.0 Å². The van der Waals surface area contributed by atoms with Crippen molar-refractivity contribution in [1.29, 1.82) is 0 Å². The lowest BCUT2D eigenvalue weighted by molar-refractivity contribution is 0.514. The van der Waals surface area contributed by atoms with Gasteiger partial charge in [-0.15, -0.1) is 5.10 Å². The molecule has 3 heteroatoms. The average molecular weight is 207 g/mol. The van der Waals surface area contributed by atoms with E-state index in [4.69, 9.17) is 0 Å². The molecule has 0 bridgehead atoms. The van der Waals surface area contributed by atoms with Crippen molar-refractivity contribution in [2.24, 2.45) is 0 Å². The quantitative estimate of drug-likeness (QED) is 0.612. The normalized spacial score (nSPS) is 10.5. The molecule has 1 aromatic heterocycles. The largest absolute Gasteiger partial charge is 0.245 e. The topological polar surface area (TPSA) is 30.7 Å². The van der Waals surface area contributed by atoms with Crippen LogP contribution in [0.25, 0.3) is 6.08 Å². The first-order valence-corrected chi connectivity index (χ1v) is 5.89. The molecule has 0 N–H and O–H groups in total. The van der Waals surface area contributed by atoms with Crippen molar-refractivity contribution in [3.8, 4) is 0 Å². The first-order valence-electron chi connectivity index (χ1n) is 5.89. The molecule has 0 amide bonds. The van der Waals surface area contributed by atoms with Gasteiger partial charge in [0.1, 0.15) is 0 Å². The highest BCUT2D eigenvalue weighted by Crippen LogP contribution is 2.07. The molecule has 3 nitrogen and oxygen atoms in total. The summed E-state index contributed by atoms with van der Waals surface area (Å²) in [6, 6.07) is 0. The van der Waals surface area contributed by atoms with Crippen LogP contribution in [0, 0.1) is 0 Å². The summed E-state index contributed by atoms with van der Waals surface area (Å²) < 4.78 is 1.92. The average Bonchev–Trinajstić information content (AvgIpc) is 2.70. The Kier molecular flexibility index (Phi) is 5.74. The van der Waals surface area contributed by atoms with Crippen molar-refractivity contribution in [1.82, 2.24) is 15.0 Å². The molecule has 1 heterocycles. The minimum atomic E-state index is 0.966. The van der Waals surface area contributed by atoms with Crippen molar-refractivity contribution in [2.75, 3.05) is 0 Å². The van der Waals surface area contributed by atoms with Crippen LogP contribution in [0.15, 0.2) is 12.8 Å². The maximum Gasteiger partial charge on any atom is 0.0807 e. The van der Waals surface area contributed by atoms with E-state index in [9.17, 15) is 0 Å². The van der Waals surface area contributed by atoms with E-state index in [1.54, 1.807) is 12.3 Å². The lowest BCUT2D eigenvalue weighted by Crippen LogP contribution is -2.02. The third-order valence-corrected chi connectivity index (χ3v) is 2.58. The first-order chi connectivity index (χ1) is 7.38. The second kappa shape index (κ2) is 7.21. The Morgan fingerprint density at radius 1 is 1.27 bits per heavy atom. The third-order valence-electron chi connectivity index (χ3n) is 2.58. The monoisotopic (exact) mass is 207 g/mol. The Morgan fingerprint density at radius 2 is 2.00 bits per heavy atom. The molecule has 0 spiro atoms. The zero-order valence-corrected chi connectivity index (χ0v) is 9.65. The second-order valence-corrected chi connectivity index (χ2v) is 3.85. The van der Waals surface area contributed by atoms with Crippen molar-refractivity contribution >= 4 is 6.08 Å². The predicted octanol–water partition coefficient (Wildman–Crippen LogP) is 3.28. The van der Waals surface area contributed by atoms with Crippen LogP contribution in [0.2, 0.25) is 0 Å². The molecule has 0 aromatic carbocycles. The van der Waals surface area contributed by atoms with Crippen LogP contribution in [-0.4, -0.2) is 15.0 Å². The Labute approximate surface area is 92.2 Å². The van der Waals surface area contributed by atoms with Crippen LogP contribution in [0.5, 0.6) is 0 Å². The summed E-state index contributed by atoms with van der Waals surface area (Å²) >= 11 is 0. The Morgan fingerprint density at radius 3 is 2.73 bits per heavy atom. The molecule has 0 radical (unpaired) electrons. The molecule has 0 aliphatic carbocycles. The summed E-state index contributed by atoms with van der Waals surface area (Å²) in [6.45, 7) is 6.94. The second-order valence-electron chi connectivity index (χ2n) is 3.85. The molecule has 0 unspecified atom stereocenters. The maximum absolute atomic E-state index is 4.02. The van der Waals surface area contributed by atoms with Gasteiger partial charge >= 0.3 is 0 Å². The van der Waals surface area contributed by atoms with Crippen LogP contribution in [0.4, 0.5) is 0 Å². The fourth-order valence-corrected chi connectivity index (χ4v) is 1.64. The van der Waals surface area contributed by atoms with Gasteiger partial charge in [0.15, 0.2) is 0 Å². The van der Waals surface area contributed by atoms with E-state index in [1.807, 2.05) is 4.68 Å². The van der Waals surface area contributed by atoms with Crippen LogP contribution in [0.1, 0.15) is 51.1 Å². The van der Waals surface area contributed by atoms with Gasteiger partial charge in [0.2, 0.25) is 0 Å². The molecular formula is C12H21N3. The Balaban J connectivity index is 2.12. The van der Waals surface area contributed by atoms with Crippen LogP contribution >= 0.6 is 0 Å². The highest BCUT2D eigenvalue weighted by Gasteiger charge is 1.98. The van der Waals surface area contributed by atoms with Crippen molar-refractivity contribution in [3.63, 3.8) is 0 Å². The van der Waals surface area contributed by atoms with E-state index in [2.05, 4.69) is 23.8 Å². The van der Waals surface area contributed by atoms with Gasteiger partial charge in [0.25, 0.3) is 0 Å². The number of aromatic nitrogens is 3. The molecule has 0 saturated carbocycles. The van der Waals surface area contributed by atoms with Crippen molar-refractivity contribution in [3.05, 3.63) is 18.5 Å². The van der Waals surface area contributed by atoms with Gasteiger partial charge in [0, 0.05) is 6.54 Å². The summed E-state index contributed by atoms with van der Waals surface area (Å²) in [5.74, 6) is 0. The zero-order valence-electron chi connectivity index (χ0n) is 9.65. The minimum absolute atomic E-state index is 0.966. The highest BCUT2D eigenvalue weighted by atomic mass is 15.4. The molecule has 84 valence electrons. The summed E-state index contributed by atoms with van der Waals surface area (Å²) in [4.78, 5) is 0. The van der Waals surface area contributed by atoms with E-state index in [0.717, 1.165) is 12.2 Å². The van der Waals surface area contributed by atoms with Crippen LogP contribution in [0.3, 0.4) is 0 Å². The Hall–Kier alpha value is -1.12. The van der Waals surface area contributed by atoms with Gasteiger partial charge in [-0.05, 0) is 12.5 Å². The highest BCUT2D eigenvalue weighted by molar-refractivity contribution is 5.39. The number of nitrogens with zero attached hydrogens (tertiary/aromatic N) is 3. The van der Waals surface area contributed by atoms with Gasteiger partial charge in [-0.25, -0.2) is 4.68 Å². The summed E-state index contributed by atoms with van der Waals surface area (Å²) in [5.41, 5.74) is 1.02. The van der Waals surface area contributed by atoms with Crippen molar-refractivity contribution < 1.29 is 0 Å². The van der Waals surface area contributed by atoms with E-state index < -0.39 is 0 Å². The number of rotatable bonds is 8. The van der Waals surface area contributed by atoms with Gasteiger partial charge < -0.3 is 0 Å². The molecule has 0 aliphatic rings. The fourth-order valence-electron chi connectivity index (χ4n) is 1.64. The molecule has 0 aliphatic heterocycles. The molecule has 0 saturated heterocycles. The third kappa shape index (κ3) is 4.28. The van der Waals surface area contributed by atoms with E-state index in [1.165, 1.54) is 38.5 Å². The van der Waals surface area contributed by atoms with Crippen LogP contribution < -0.4 is 0 Å². The van der Waals surface area contributed by atoms with Gasteiger partial charge in [-0.1, -0.05) is 50.8 Å². The van der Waals surface area contributed by atoms with Gasteiger partial charge in [-0.3, -0.25) is 0 Å². The summed E-state index contributed by atoms with van der Waals surface area (Å²) in [6.07, 6.45) is 11.4. The summed E-state index contributed by atoms with van der Waals surface area (Å²) in [5, 5.41) is 7.88. The number of unbranched alkanes of at least 4 members (excludes halogenated alkanes) is 5. The Bertz CT molecular complexity index is 278. The van der Waals surface area contributed by atoms with Gasteiger partial charge in [-0.2, -0.15) is 0 Å².